The van der Waals surface area contributed by atoms with E-state index in [4.69, 9.17) is 5.73 Å². The molecule has 0 heterocycles. The van der Waals surface area contributed by atoms with Crippen LogP contribution >= 0.6 is 0 Å². The van der Waals surface area contributed by atoms with E-state index in [1.807, 2.05) is 18.2 Å². The lowest BCUT2D eigenvalue weighted by atomic mass is 10.0. The van der Waals surface area contributed by atoms with Gasteiger partial charge in [0.15, 0.2) is 5.78 Å². The Bertz CT molecular complexity index is 811. The molecule has 2 amide bonds. The van der Waals surface area contributed by atoms with E-state index in [9.17, 15) is 14.4 Å². The number of fused-ring (bicyclic) bond motifs is 3. The van der Waals surface area contributed by atoms with Gasteiger partial charge in [0.1, 0.15) is 6.04 Å². The SMILES string of the molecule is C[C@H](NC(=O)c1ccc2c(c1)C(=O)c1ccccc1-2)C(N)=O. The standard InChI is InChI=1S/C17H14N2O3/c1-9(16(18)21)19-17(22)10-6-7-12-11-4-2-3-5-13(11)15(20)14(12)8-10/h2-9H,1H3,(H2,18,21)(H,19,22)/t9-/m0/s1. The second-order valence-corrected chi connectivity index (χ2v) is 5.23. The average molecular weight is 294 g/mol. The number of carbonyl (C=O) groups excluding carboxylic acids is 3. The molecule has 1 atom stereocenters. The molecule has 0 aliphatic heterocycles. The number of carbonyl (C=O) groups is 3. The Hall–Kier alpha value is -2.95. The van der Waals surface area contributed by atoms with Gasteiger partial charge in [0, 0.05) is 16.7 Å². The van der Waals surface area contributed by atoms with Crippen molar-refractivity contribution in [3.8, 4) is 11.1 Å². The van der Waals surface area contributed by atoms with Gasteiger partial charge in [-0.3, -0.25) is 14.4 Å². The first-order valence-electron chi connectivity index (χ1n) is 6.87. The van der Waals surface area contributed by atoms with E-state index in [0.29, 0.717) is 16.7 Å². The Morgan fingerprint density at radius 3 is 2.32 bits per heavy atom. The van der Waals surface area contributed by atoms with E-state index >= 15 is 0 Å². The summed E-state index contributed by atoms with van der Waals surface area (Å²) in [4.78, 5) is 35.5. The third-order valence-corrected chi connectivity index (χ3v) is 3.76. The van der Waals surface area contributed by atoms with Crippen LogP contribution in [-0.4, -0.2) is 23.6 Å². The molecule has 0 radical (unpaired) electrons. The second kappa shape index (κ2) is 5.11. The molecule has 1 aliphatic carbocycles. The Balaban J connectivity index is 1.95. The fourth-order valence-corrected chi connectivity index (χ4v) is 2.52. The van der Waals surface area contributed by atoms with Gasteiger partial charge in [-0.05, 0) is 30.2 Å². The summed E-state index contributed by atoms with van der Waals surface area (Å²) in [6.45, 7) is 1.51. The van der Waals surface area contributed by atoms with Crippen LogP contribution < -0.4 is 11.1 Å². The monoisotopic (exact) mass is 294 g/mol. The van der Waals surface area contributed by atoms with Crippen molar-refractivity contribution < 1.29 is 14.4 Å². The predicted octanol–water partition coefficient (Wildman–Crippen LogP) is 1.50. The quantitative estimate of drug-likeness (QED) is 0.767. The van der Waals surface area contributed by atoms with Gasteiger partial charge < -0.3 is 11.1 Å². The van der Waals surface area contributed by atoms with Crippen LogP contribution in [0.2, 0.25) is 0 Å². The maximum atomic E-state index is 12.4. The first kappa shape index (κ1) is 14.0. The Labute approximate surface area is 127 Å². The molecule has 0 aromatic heterocycles. The number of hydrogen-bond acceptors (Lipinski definition) is 3. The molecule has 22 heavy (non-hydrogen) atoms. The molecule has 0 saturated heterocycles. The number of nitrogens with two attached hydrogens (primary N) is 1. The number of rotatable bonds is 3. The number of ketones is 1. The largest absolute Gasteiger partial charge is 0.368 e. The van der Waals surface area contributed by atoms with Crippen LogP contribution in [0, 0.1) is 0 Å². The van der Waals surface area contributed by atoms with Crippen molar-refractivity contribution in [2.45, 2.75) is 13.0 Å². The Kier molecular flexibility index (Phi) is 3.25. The zero-order chi connectivity index (χ0) is 15.9. The lowest BCUT2D eigenvalue weighted by Crippen LogP contribution is -2.42. The third kappa shape index (κ3) is 2.16. The molecule has 2 aromatic rings. The molecule has 0 saturated carbocycles. The predicted molar refractivity (Wildman–Crippen MR) is 81.4 cm³/mol. The van der Waals surface area contributed by atoms with Crippen molar-refractivity contribution in [1.29, 1.82) is 0 Å². The van der Waals surface area contributed by atoms with Gasteiger partial charge in [-0.2, -0.15) is 0 Å². The number of amides is 2. The summed E-state index contributed by atoms with van der Waals surface area (Å²) in [5.41, 5.74) is 8.29. The highest BCUT2D eigenvalue weighted by Gasteiger charge is 2.27. The minimum absolute atomic E-state index is 0.0943. The summed E-state index contributed by atoms with van der Waals surface area (Å²) in [6, 6.07) is 11.5. The summed E-state index contributed by atoms with van der Waals surface area (Å²) in [6.07, 6.45) is 0. The van der Waals surface area contributed by atoms with Crippen molar-refractivity contribution in [3.05, 3.63) is 59.2 Å². The molecule has 1 aliphatic rings. The van der Waals surface area contributed by atoms with Gasteiger partial charge >= 0.3 is 0 Å². The van der Waals surface area contributed by atoms with Gasteiger partial charge in [0.25, 0.3) is 5.91 Å². The van der Waals surface area contributed by atoms with E-state index < -0.39 is 17.9 Å². The minimum atomic E-state index is -0.770. The highest BCUT2D eigenvalue weighted by molar-refractivity contribution is 6.22. The molecule has 0 unspecified atom stereocenters. The smallest absolute Gasteiger partial charge is 0.251 e. The lowest BCUT2D eigenvalue weighted by Gasteiger charge is -2.10. The van der Waals surface area contributed by atoms with Crippen LogP contribution in [0.25, 0.3) is 11.1 Å². The first-order chi connectivity index (χ1) is 10.5. The summed E-state index contributed by atoms with van der Waals surface area (Å²) < 4.78 is 0. The van der Waals surface area contributed by atoms with Crippen molar-refractivity contribution in [2.24, 2.45) is 5.73 Å². The highest BCUT2D eigenvalue weighted by atomic mass is 16.2. The molecular formula is C17H14N2O3. The van der Waals surface area contributed by atoms with Crippen molar-refractivity contribution in [3.63, 3.8) is 0 Å². The number of primary amides is 1. The Morgan fingerprint density at radius 2 is 1.64 bits per heavy atom. The lowest BCUT2D eigenvalue weighted by molar-refractivity contribution is -0.119. The zero-order valence-electron chi connectivity index (χ0n) is 11.9. The summed E-state index contributed by atoms with van der Waals surface area (Å²) in [7, 11) is 0. The van der Waals surface area contributed by atoms with Crippen molar-refractivity contribution >= 4 is 17.6 Å². The van der Waals surface area contributed by atoms with E-state index in [1.165, 1.54) is 6.92 Å². The first-order valence-corrected chi connectivity index (χ1v) is 6.87. The minimum Gasteiger partial charge on any atom is -0.368 e. The molecule has 5 heteroatoms. The van der Waals surface area contributed by atoms with Gasteiger partial charge in [-0.15, -0.1) is 0 Å². The fraction of sp³-hybridized carbons (Fsp3) is 0.118. The van der Waals surface area contributed by atoms with E-state index in [0.717, 1.165) is 11.1 Å². The molecule has 0 bridgehead atoms. The topological polar surface area (TPSA) is 89.3 Å². The van der Waals surface area contributed by atoms with Gasteiger partial charge in [-0.25, -0.2) is 0 Å². The zero-order valence-corrected chi connectivity index (χ0v) is 11.9. The highest BCUT2D eigenvalue weighted by Crippen LogP contribution is 2.36. The molecule has 0 spiro atoms. The van der Waals surface area contributed by atoms with Crippen molar-refractivity contribution in [1.82, 2.24) is 5.32 Å². The van der Waals surface area contributed by atoms with Crippen LogP contribution in [0.4, 0.5) is 0 Å². The third-order valence-electron chi connectivity index (χ3n) is 3.76. The van der Waals surface area contributed by atoms with Gasteiger partial charge in [0.2, 0.25) is 5.91 Å². The summed E-state index contributed by atoms with van der Waals surface area (Å²) in [5, 5.41) is 2.50. The maximum absolute atomic E-state index is 12.4. The summed E-state index contributed by atoms with van der Waals surface area (Å²) in [5.74, 6) is -1.14. The van der Waals surface area contributed by atoms with Gasteiger partial charge in [0.05, 0.1) is 0 Å². The van der Waals surface area contributed by atoms with E-state index in [1.54, 1.807) is 24.3 Å². The Morgan fingerprint density at radius 1 is 1.00 bits per heavy atom. The number of nitrogens with one attached hydrogen (secondary N) is 1. The van der Waals surface area contributed by atoms with Crippen LogP contribution in [0.15, 0.2) is 42.5 Å². The van der Waals surface area contributed by atoms with Crippen LogP contribution in [0.5, 0.6) is 0 Å². The molecule has 3 N–H and O–H groups in total. The fourth-order valence-electron chi connectivity index (χ4n) is 2.52. The molecule has 3 rings (SSSR count). The molecule has 2 aromatic carbocycles. The van der Waals surface area contributed by atoms with Gasteiger partial charge in [-0.1, -0.05) is 30.3 Å². The maximum Gasteiger partial charge on any atom is 0.251 e. The van der Waals surface area contributed by atoms with Crippen LogP contribution in [0.3, 0.4) is 0 Å². The van der Waals surface area contributed by atoms with E-state index in [-0.39, 0.29) is 5.78 Å². The van der Waals surface area contributed by atoms with Crippen LogP contribution in [-0.2, 0) is 4.79 Å². The van der Waals surface area contributed by atoms with Crippen molar-refractivity contribution in [2.75, 3.05) is 0 Å². The second-order valence-electron chi connectivity index (χ2n) is 5.23. The molecule has 110 valence electrons. The normalized spacial score (nSPS) is 13.2. The molecule has 0 fully saturated rings. The summed E-state index contributed by atoms with van der Waals surface area (Å²) >= 11 is 0. The van der Waals surface area contributed by atoms with Crippen LogP contribution in [0.1, 0.15) is 33.2 Å². The molecule has 5 nitrogen and oxygen atoms in total. The van der Waals surface area contributed by atoms with E-state index in [2.05, 4.69) is 5.32 Å². The molecular weight excluding hydrogens is 280 g/mol. The number of hydrogen-bond donors (Lipinski definition) is 2. The average Bonchev–Trinajstić information content (AvgIpc) is 2.80. The number of benzene rings is 2.